The molecule has 0 saturated carbocycles. The van der Waals surface area contributed by atoms with E-state index in [1.165, 1.54) is 0 Å². The molecule has 0 aliphatic heterocycles. The summed E-state index contributed by atoms with van der Waals surface area (Å²) in [7, 11) is 3.11. The number of methoxy groups -OCH3 is 2. The minimum Gasteiger partial charge on any atom is -0.497 e. The summed E-state index contributed by atoms with van der Waals surface area (Å²) >= 11 is 6.92. The van der Waals surface area contributed by atoms with Gasteiger partial charge in [0.25, 0.3) is 5.91 Å². The van der Waals surface area contributed by atoms with Gasteiger partial charge in [0, 0.05) is 10.7 Å². The van der Waals surface area contributed by atoms with Crippen molar-refractivity contribution >= 4 is 37.8 Å². The Morgan fingerprint density at radius 1 is 1.25 bits per heavy atom. The van der Waals surface area contributed by atoms with Gasteiger partial charge in [0.05, 0.1) is 25.3 Å². The average Bonchev–Trinajstić information content (AvgIpc) is 2.51. The maximum atomic E-state index is 12.5. The van der Waals surface area contributed by atoms with E-state index < -0.39 is 0 Å². The Kier molecular flexibility index (Phi) is 6.82. The van der Waals surface area contributed by atoms with Crippen LogP contribution in [0.5, 0.6) is 11.5 Å². The summed E-state index contributed by atoms with van der Waals surface area (Å²) in [6, 6.07) is 5.17. The number of nitrogens with one attached hydrogen (secondary N) is 1. The standard InChI is InChI=1S/C14H19Br2NO3/c1-4-14(8-15,9-16)17-13(18)11-7-10(19-2)5-6-12(11)20-3/h5-7H,4,8-9H2,1-3H3,(H,17,18). The quantitative estimate of drug-likeness (QED) is 0.703. The summed E-state index contributed by atoms with van der Waals surface area (Å²) in [5, 5.41) is 4.39. The molecule has 1 aromatic rings. The highest BCUT2D eigenvalue weighted by molar-refractivity contribution is 9.09. The van der Waals surface area contributed by atoms with Gasteiger partial charge in [0.1, 0.15) is 11.5 Å². The van der Waals surface area contributed by atoms with E-state index in [0.717, 1.165) is 6.42 Å². The van der Waals surface area contributed by atoms with E-state index in [1.54, 1.807) is 32.4 Å². The largest absolute Gasteiger partial charge is 0.497 e. The lowest BCUT2D eigenvalue weighted by Gasteiger charge is -2.30. The van der Waals surface area contributed by atoms with Crippen LogP contribution < -0.4 is 14.8 Å². The number of carbonyl (C=O) groups excluding carboxylic acids is 1. The van der Waals surface area contributed by atoms with E-state index in [2.05, 4.69) is 37.2 Å². The van der Waals surface area contributed by atoms with Gasteiger partial charge in [-0.15, -0.1) is 0 Å². The Hall–Kier alpha value is -0.750. The van der Waals surface area contributed by atoms with Crippen LogP contribution >= 0.6 is 31.9 Å². The number of amides is 1. The average molecular weight is 409 g/mol. The molecule has 0 aliphatic rings. The lowest BCUT2D eigenvalue weighted by Crippen LogP contribution is -2.51. The van der Waals surface area contributed by atoms with Crippen molar-refractivity contribution < 1.29 is 14.3 Å². The molecular weight excluding hydrogens is 390 g/mol. The number of alkyl halides is 2. The van der Waals surface area contributed by atoms with Crippen molar-refractivity contribution in [1.29, 1.82) is 0 Å². The number of halogens is 2. The first-order valence-corrected chi connectivity index (χ1v) is 8.46. The predicted octanol–water partition coefficient (Wildman–Crippen LogP) is 3.37. The molecule has 1 aromatic carbocycles. The Balaban J connectivity index is 3.07. The summed E-state index contributed by atoms with van der Waals surface area (Å²) in [5.41, 5.74) is 0.136. The SMILES string of the molecule is CCC(CBr)(CBr)NC(=O)c1cc(OC)ccc1OC. The van der Waals surface area contributed by atoms with Crippen LogP contribution in [0, 0.1) is 0 Å². The molecule has 1 rings (SSSR count). The number of hydrogen-bond donors (Lipinski definition) is 1. The monoisotopic (exact) mass is 407 g/mol. The van der Waals surface area contributed by atoms with Crippen molar-refractivity contribution in [2.45, 2.75) is 18.9 Å². The second kappa shape index (κ2) is 7.88. The van der Waals surface area contributed by atoms with Crippen LogP contribution in [0.1, 0.15) is 23.7 Å². The maximum Gasteiger partial charge on any atom is 0.255 e. The highest BCUT2D eigenvalue weighted by Gasteiger charge is 2.29. The summed E-state index contributed by atoms with van der Waals surface area (Å²) in [6.45, 7) is 2.03. The van der Waals surface area contributed by atoms with E-state index >= 15 is 0 Å². The van der Waals surface area contributed by atoms with Gasteiger partial charge >= 0.3 is 0 Å². The molecule has 4 nitrogen and oxygen atoms in total. The van der Waals surface area contributed by atoms with Crippen LogP contribution in [0.15, 0.2) is 18.2 Å². The Morgan fingerprint density at radius 3 is 2.35 bits per heavy atom. The molecule has 6 heteroatoms. The fourth-order valence-electron chi connectivity index (χ4n) is 1.68. The molecular formula is C14H19Br2NO3. The zero-order chi connectivity index (χ0) is 15.2. The third-order valence-electron chi connectivity index (χ3n) is 3.22. The molecule has 20 heavy (non-hydrogen) atoms. The summed E-state index contributed by atoms with van der Waals surface area (Å²) in [6.07, 6.45) is 0.807. The van der Waals surface area contributed by atoms with Crippen LogP contribution in [-0.2, 0) is 0 Å². The van der Waals surface area contributed by atoms with E-state index in [0.29, 0.717) is 27.7 Å². The van der Waals surface area contributed by atoms with Gasteiger partial charge in [-0.25, -0.2) is 0 Å². The first kappa shape index (κ1) is 17.3. The topological polar surface area (TPSA) is 47.6 Å². The second-order valence-electron chi connectivity index (χ2n) is 4.42. The minimum absolute atomic E-state index is 0.179. The lowest BCUT2D eigenvalue weighted by molar-refractivity contribution is 0.0912. The molecule has 1 N–H and O–H groups in total. The van der Waals surface area contributed by atoms with Crippen LogP contribution in [0.2, 0.25) is 0 Å². The molecule has 0 unspecified atom stereocenters. The van der Waals surface area contributed by atoms with Gasteiger partial charge in [-0.1, -0.05) is 38.8 Å². The molecule has 0 saturated heterocycles. The fraction of sp³-hybridized carbons (Fsp3) is 0.500. The molecule has 0 aliphatic carbocycles. The number of benzene rings is 1. The molecule has 0 fully saturated rings. The summed E-state index contributed by atoms with van der Waals surface area (Å²) in [5.74, 6) is 0.967. The smallest absolute Gasteiger partial charge is 0.255 e. The van der Waals surface area contributed by atoms with Gasteiger partial charge in [-0.2, -0.15) is 0 Å². The van der Waals surface area contributed by atoms with Crippen LogP contribution in [-0.4, -0.2) is 36.3 Å². The third-order valence-corrected chi connectivity index (χ3v) is 5.37. The zero-order valence-corrected chi connectivity index (χ0v) is 15.0. The first-order valence-electron chi connectivity index (χ1n) is 6.22. The number of ether oxygens (including phenoxy) is 2. The van der Waals surface area contributed by atoms with Crippen LogP contribution in [0.4, 0.5) is 0 Å². The van der Waals surface area contributed by atoms with Crippen molar-refractivity contribution in [2.75, 3.05) is 24.9 Å². The Bertz CT molecular complexity index is 453. The van der Waals surface area contributed by atoms with Gasteiger partial charge in [-0.05, 0) is 24.6 Å². The fourth-order valence-corrected chi connectivity index (χ4v) is 3.68. The molecule has 0 bridgehead atoms. The van der Waals surface area contributed by atoms with Gasteiger partial charge in [0.2, 0.25) is 0 Å². The van der Waals surface area contributed by atoms with Crippen molar-refractivity contribution in [2.24, 2.45) is 0 Å². The van der Waals surface area contributed by atoms with Crippen LogP contribution in [0.3, 0.4) is 0 Å². The maximum absolute atomic E-state index is 12.5. The van der Waals surface area contributed by atoms with Gasteiger partial charge < -0.3 is 14.8 Å². The lowest BCUT2D eigenvalue weighted by atomic mass is 10.0. The highest BCUT2D eigenvalue weighted by Crippen LogP contribution is 2.25. The van der Waals surface area contributed by atoms with E-state index in [1.807, 2.05) is 6.92 Å². The van der Waals surface area contributed by atoms with Gasteiger partial charge in [-0.3, -0.25) is 4.79 Å². The first-order chi connectivity index (χ1) is 9.55. The van der Waals surface area contributed by atoms with Gasteiger partial charge in [0.15, 0.2) is 0 Å². The normalized spacial score (nSPS) is 11.1. The molecule has 0 aromatic heterocycles. The van der Waals surface area contributed by atoms with E-state index in [9.17, 15) is 4.79 Å². The van der Waals surface area contributed by atoms with E-state index in [-0.39, 0.29) is 11.4 Å². The number of carbonyl (C=O) groups is 1. The Labute approximate surface area is 136 Å². The molecule has 0 spiro atoms. The minimum atomic E-state index is -0.328. The Morgan fingerprint density at radius 2 is 1.90 bits per heavy atom. The van der Waals surface area contributed by atoms with Crippen LogP contribution in [0.25, 0.3) is 0 Å². The van der Waals surface area contributed by atoms with Crippen molar-refractivity contribution in [1.82, 2.24) is 5.32 Å². The van der Waals surface area contributed by atoms with Crippen molar-refractivity contribution in [3.05, 3.63) is 23.8 Å². The number of rotatable bonds is 7. The zero-order valence-electron chi connectivity index (χ0n) is 11.8. The summed E-state index contributed by atoms with van der Waals surface area (Å²) < 4.78 is 10.4. The second-order valence-corrected chi connectivity index (χ2v) is 5.54. The highest BCUT2D eigenvalue weighted by atomic mass is 79.9. The number of hydrogen-bond acceptors (Lipinski definition) is 3. The molecule has 1 amide bonds. The van der Waals surface area contributed by atoms with Crippen molar-refractivity contribution in [3.8, 4) is 11.5 Å². The molecule has 112 valence electrons. The summed E-state index contributed by atoms with van der Waals surface area (Å²) in [4.78, 5) is 12.5. The molecule has 0 radical (unpaired) electrons. The molecule has 0 heterocycles. The third kappa shape index (κ3) is 3.88. The molecule has 0 atom stereocenters. The van der Waals surface area contributed by atoms with E-state index in [4.69, 9.17) is 9.47 Å². The predicted molar refractivity (Wildman–Crippen MR) is 87.6 cm³/mol. The van der Waals surface area contributed by atoms with Crippen molar-refractivity contribution in [3.63, 3.8) is 0 Å².